The third-order valence-corrected chi connectivity index (χ3v) is 2.40. The van der Waals surface area contributed by atoms with Crippen molar-refractivity contribution < 1.29 is 9.53 Å². The number of nitrogens with zero attached hydrogens (tertiary/aromatic N) is 1. The van der Waals surface area contributed by atoms with Crippen LogP contribution in [0.2, 0.25) is 0 Å². The molecule has 13 heavy (non-hydrogen) atoms. The summed E-state index contributed by atoms with van der Waals surface area (Å²) >= 11 is 0. The van der Waals surface area contributed by atoms with Crippen molar-refractivity contribution in [2.75, 3.05) is 33.4 Å². The number of hydrogen-bond acceptors (Lipinski definition) is 3. The van der Waals surface area contributed by atoms with E-state index in [1.165, 1.54) is 0 Å². The predicted molar refractivity (Wildman–Crippen MR) is 50.2 cm³/mol. The van der Waals surface area contributed by atoms with Gasteiger partial charge in [-0.1, -0.05) is 0 Å². The summed E-state index contributed by atoms with van der Waals surface area (Å²) in [6.45, 7) is 2.91. The molecule has 1 saturated heterocycles. The Morgan fingerprint density at radius 1 is 1.69 bits per heavy atom. The van der Waals surface area contributed by atoms with Crippen molar-refractivity contribution >= 4 is 5.91 Å². The monoisotopic (exact) mass is 186 g/mol. The summed E-state index contributed by atoms with van der Waals surface area (Å²) in [6.07, 6.45) is 1.53. The molecule has 1 aliphatic heterocycles. The highest BCUT2D eigenvalue weighted by Gasteiger charge is 2.25. The molecule has 4 heteroatoms. The number of likely N-dealkylation sites (tertiary alicyclic amines) is 1. The molecule has 0 spiro atoms. The summed E-state index contributed by atoms with van der Waals surface area (Å²) in [7, 11) is 1.70. The first-order chi connectivity index (χ1) is 6.27. The Kier molecular flexibility index (Phi) is 4.18. The van der Waals surface area contributed by atoms with Gasteiger partial charge in [-0.2, -0.15) is 0 Å². The summed E-state index contributed by atoms with van der Waals surface area (Å²) in [6, 6.07) is 0. The highest BCUT2D eigenvalue weighted by atomic mass is 16.5. The molecule has 0 saturated carbocycles. The number of amides is 1. The van der Waals surface area contributed by atoms with Crippen LogP contribution in [0.5, 0.6) is 0 Å². The predicted octanol–water partition coefficient (Wildman–Crippen LogP) is -0.170. The molecule has 0 bridgehead atoms. The minimum absolute atomic E-state index is 0.182. The van der Waals surface area contributed by atoms with Crippen molar-refractivity contribution in [2.45, 2.75) is 12.8 Å². The van der Waals surface area contributed by atoms with E-state index in [0.29, 0.717) is 18.9 Å². The lowest BCUT2D eigenvalue weighted by atomic mass is 10.1. The summed E-state index contributed by atoms with van der Waals surface area (Å²) < 4.78 is 5.05. The molecule has 4 nitrogen and oxygen atoms in total. The van der Waals surface area contributed by atoms with Gasteiger partial charge in [-0.05, 0) is 6.42 Å². The number of ether oxygens (including phenoxy) is 1. The smallest absolute Gasteiger partial charge is 0.223 e. The largest absolute Gasteiger partial charge is 0.384 e. The number of hydrogen-bond donors (Lipinski definition) is 1. The fraction of sp³-hybridized carbons (Fsp3) is 0.889. The van der Waals surface area contributed by atoms with E-state index in [1.54, 1.807) is 7.11 Å². The molecule has 0 aromatic heterocycles. The molecule has 0 aromatic carbocycles. The summed E-state index contributed by atoms with van der Waals surface area (Å²) in [4.78, 5) is 13.3. The van der Waals surface area contributed by atoms with E-state index in [4.69, 9.17) is 10.5 Å². The summed E-state index contributed by atoms with van der Waals surface area (Å²) in [5.74, 6) is 0.702. The van der Waals surface area contributed by atoms with Crippen LogP contribution >= 0.6 is 0 Å². The van der Waals surface area contributed by atoms with Crippen LogP contribution in [-0.4, -0.2) is 44.2 Å². The highest BCUT2D eigenvalue weighted by molar-refractivity contribution is 5.76. The van der Waals surface area contributed by atoms with E-state index in [9.17, 15) is 4.79 Å². The van der Waals surface area contributed by atoms with E-state index in [2.05, 4.69) is 0 Å². The van der Waals surface area contributed by atoms with Gasteiger partial charge < -0.3 is 15.4 Å². The quantitative estimate of drug-likeness (QED) is 0.663. The Morgan fingerprint density at radius 3 is 3.08 bits per heavy atom. The maximum Gasteiger partial charge on any atom is 0.223 e. The Hall–Kier alpha value is -0.610. The SMILES string of the molecule is COC[C@@H]1CCN(C(=O)CCN)C1. The van der Waals surface area contributed by atoms with Gasteiger partial charge in [0.05, 0.1) is 6.61 Å². The molecule has 1 heterocycles. The van der Waals surface area contributed by atoms with Gasteiger partial charge >= 0.3 is 0 Å². The number of carbonyl (C=O) groups excluding carboxylic acids is 1. The number of rotatable bonds is 4. The zero-order chi connectivity index (χ0) is 9.68. The first-order valence-electron chi connectivity index (χ1n) is 4.74. The lowest BCUT2D eigenvalue weighted by Crippen LogP contribution is -2.30. The van der Waals surface area contributed by atoms with Gasteiger partial charge in [-0.15, -0.1) is 0 Å². The maximum atomic E-state index is 11.4. The van der Waals surface area contributed by atoms with E-state index >= 15 is 0 Å². The lowest BCUT2D eigenvalue weighted by molar-refractivity contribution is -0.130. The second-order valence-electron chi connectivity index (χ2n) is 3.49. The molecule has 1 rings (SSSR count). The van der Waals surface area contributed by atoms with Crippen molar-refractivity contribution in [3.05, 3.63) is 0 Å². The lowest BCUT2D eigenvalue weighted by Gasteiger charge is -2.15. The van der Waals surface area contributed by atoms with Crippen LogP contribution in [0, 0.1) is 5.92 Å². The van der Waals surface area contributed by atoms with Crippen LogP contribution in [0.25, 0.3) is 0 Å². The van der Waals surface area contributed by atoms with Gasteiger partial charge in [0.2, 0.25) is 5.91 Å². The third-order valence-electron chi connectivity index (χ3n) is 2.40. The molecule has 2 N–H and O–H groups in total. The Morgan fingerprint density at radius 2 is 2.46 bits per heavy atom. The molecule has 0 unspecified atom stereocenters. The van der Waals surface area contributed by atoms with Gasteiger partial charge in [0.1, 0.15) is 0 Å². The zero-order valence-corrected chi connectivity index (χ0v) is 8.16. The first kappa shape index (κ1) is 10.5. The topological polar surface area (TPSA) is 55.6 Å². The average Bonchev–Trinajstić information content (AvgIpc) is 2.54. The van der Waals surface area contributed by atoms with Crippen molar-refractivity contribution in [2.24, 2.45) is 11.7 Å². The zero-order valence-electron chi connectivity index (χ0n) is 8.16. The van der Waals surface area contributed by atoms with Crippen LogP contribution in [0.3, 0.4) is 0 Å². The van der Waals surface area contributed by atoms with E-state index in [-0.39, 0.29) is 5.91 Å². The normalized spacial score (nSPS) is 22.3. The van der Waals surface area contributed by atoms with E-state index in [1.807, 2.05) is 4.90 Å². The molecule has 0 aliphatic carbocycles. The van der Waals surface area contributed by atoms with Gasteiger partial charge in [0.15, 0.2) is 0 Å². The summed E-state index contributed by atoms with van der Waals surface area (Å²) in [5, 5.41) is 0. The fourth-order valence-corrected chi connectivity index (χ4v) is 1.71. The van der Waals surface area contributed by atoms with Gasteiger partial charge in [-0.25, -0.2) is 0 Å². The second-order valence-corrected chi connectivity index (χ2v) is 3.49. The molecule has 0 radical (unpaired) electrons. The molecule has 1 aliphatic rings. The highest BCUT2D eigenvalue weighted by Crippen LogP contribution is 2.16. The Bertz CT molecular complexity index is 173. The minimum Gasteiger partial charge on any atom is -0.384 e. The minimum atomic E-state index is 0.182. The Labute approximate surface area is 79.0 Å². The van der Waals surface area contributed by atoms with Gasteiger partial charge in [0.25, 0.3) is 0 Å². The second kappa shape index (κ2) is 5.19. The maximum absolute atomic E-state index is 11.4. The first-order valence-corrected chi connectivity index (χ1v) is 4.74. The molecule has 1 fully saturated rings. The molecule has 1 amide bonds. The van der Waals surface area contributed by atoms with E-state index < -0.39 is 0 Å². The van der Waals surface area contributed by atoms with Crippen molar-refractivity contribution in [1.82, 2.24) is 4.90 Å². The van der Waals surface area contributed by atoms with Gasteiger partial charge in [0, 0.05) is 39.1 Å². The van der Waals surface area contributed by atoms with Crippen molar-refractivity contribution in [3.63, 3.8) is 0 Å². The third kappa shape index (κ3) is 2.97. The van der Waals surface area contributed by atoms with Crippen LogP contribution in [0.4, 0.5) is 0 Å². The van der Waals surface area contributed by atoms with Crippen LogP contribution in [-0.2, 0) is 9.53 Å². The molecular weight excluding hydrogens is 168 g/mol. The van der Waals surface area contributed by atoms with Crippen LogP contribution in [0.1, 0.15) is 12.8 Å². The van der Waals surface area contributed by atoms with Crippen LogP contribution in [0.15, 0.2) is 0 Å². The fourth-order valence-electron chi connectivity index (χ4n) is 1.71. The van der Waals surface area contributed by atoms with Gasteiger partial charge in [-0.3, -0.25) is 4.79 Å². The standard InChI is InChI=1S/C9H18N2O2/c1-13-7-8-3-5-11(6-8)9(12)2-4-10/h8H,2-7,10H2,1H3/t8-/m1/s1. The number of carbonyl (C=O) groups is 1. The number of methoxy groups -OCH3 is 1. The van der Waals surface area contributed by atoms with Crippen LogP contribution < -0.4 is 5.73 Å². The molecule has 76 valence electrons. The Balaban J connectivity index is 2.27. The molecular formula is C9H18N2O2. The van der Waals surface area contributed by atoms with E-state index in [0.717, 1.165) is 26.1 Å². The summed E-state index contributed by atoms with van der Waals surface area (Å²) in [5.41, 5.74) is 5.32. The molecule has 0 aromatic rings. The number of nitrogens with two attached hydrogens (primary N) is 1. The average molecular weight is 186 g/mol. The van der Waals surface area contributed by atoms with Crippen molar-refractivity contribution in [1.29, 1.82) is 0 Å². The van der Waals surface area contributed by atoms with Crippen molar-refractivity contribution in [3.8, 4) is 0 Å². The molecule has 1 atom stereocenters.